The van der Waals surface area contributed by atoms with Crippen molar-refractivity contribution < 1.29 is 20.4 Å². The Morgan fingerprint density at radius 2 is 1.23 bits per heavy atom. The first kappa shape index (κ1) is 28.7. The molecule has 4 nitrogen and oxygen atoms in total. The van der Waals surface area contributed by atoms with E-state index in [9.17, 15) is 15.3 Å². The first-order chi connectivity index (χ1) is 14.5. The van der Waals surface area contributed by atoms with Crippen molar-refractivity contribution in [2.45, 2.75) is 116 Å². The van der Waals surface area contributed by atoms with Crippen LogP contribution in [0.25, 0.3) is 0 Å². The summed E-state index contributed by atoms with van der Waals surface area (Å²) in [7, 11) is 0. The Hall–Kier alpha value is -1.30. The topological polar surface area (TPSA) is 80.9 Å². The third kappa shape index (κ3) is 18.7. The summed E-state index contributed by atoms with van der Waals surface area (Å²) in [6.07, 6.45) is 15.8. The van der Waals surface area contributed by atoms with Crippen molar-refractivity contribution in [2.24, 2.45) is 5.92 Å². The Morgan fingerprint density at radius 1 is 0.700 bits per heavy atom. The number of aliphatic hydroxyl groups excluding tert-OH is 4. The zero-order chi connectivity index (χ0) is 22.5. The van der Waals surface area contributed by atoms with Gasteiger partial charge in [-0.25, -0.2) is 0 Å². The van der Waals surface area contributed by atoms with E-state index in [-0.39, 0.29) is 6.61 Å². The summed E-state index contributed by atoms with van der Waals surface area (Å²) in [6.45, 7) is 4.28. The van der Waals surface area contributed by atoms with Crippen LogP contribution in [0.2, 0.25) is 0 Å². The van der Waals surface area contributed by atoms with Gasteiger partial charge in [0.25, 0.3) is 0 Å². The molecule has 4 heteroatoms. The highest BCUT2D eigenvalue weighted by Crippen LogP contribution is 2.13. The molecule has 0 fully saturated rings. The average Bonchev–Trinajstić information content (AvgIpc) is 2.72. The Bertz CT molecular complexity index is 533. The highest BCUT2D eigenvalue weighted by molar-refractivity contribution is 5.27. The molecule has 0 aromatic carbocycles. The van der Waals surface area contributed by atoms with Crippen LogP contribution in [-0.2, 0) is 0 Å². The second-order valence-corrected chi connectivity index (χ2v) is 8.43. The lowest BCUT2D eigenvalue weighted by molar-refractivity contribution is -0.0415. The van der Waals surface area contributed by atoms with E-state index >= 15 is 0 Å². The molecule has 172 valence electrons. The molecule has 0 saturated heterocycles. The van der Waals surface area contributed by atoms with Crippen molar-refractivity contribution in [3.8, 4) is 23.7 Å². The molecule has 0 radical (unpaired) electrons. The van der Waals surface area contributed by atoms with Crippen LogP contribution >= 0.6 is 0 Å². The lowest BCUT2D eigenvalue weighted by atomic mass is 10.0. The van der Waals surface area contributed by atoms with E-state index in [1.807, 2.05) is 0 Å². The Morgan fingerprint density at radius 3 is 1.80 bits per heavy atom. The van der Waals surface area contributed by atoms with Gasteiger partial charge in [0.2, 0.25) is 0 Å². The molecule has 0 aromatic heterocycles. The van der Waals surface area contributed by atoms with Crippen LogP contribution in [-0.4, -0.2) is 45.3 Å². The fourth-order valence-corrected chi connectivity index (χ4v) is 3.21. The fraction of sp³-hybridized carbons (Fsp3) is 0.769. The zero-order valence-electron chi connectivity index (χ0n) is 19.2. The van der Waals surface area contributed by atoms with Gasteiger partial charge < -0.3 is 20.4 Å². The molecule has 0 bridgehead atoms. The van der Waals surface area contributed by atoms with Crippen molar-refractivity contribution in [1.82, 2.24) is 0 Å². The van der Waals surface area contributed by atoms with E-state index in [4.69, 9.17) is 5.11 Å². The molecular weight excluding hydrogens is 376 g/mol. The van der Waals surface area contributed by atoms with E-state index in [0.29, 0.717) is 6.42 Å². The van der Waals surface area contributed by atoms with Crippen molar-refractivity contribution in [3.63, 3.8) is 0 Å². The lowest BCUT2D eigenvalue weighted by Crippen LogP contribution is -2.36. The standard InChI is InChI=1S/C26H44O4/c1-23(2)19-15-12-10-8-6-4-3-5-7-9-11-13-16-20-24(28)26(30)25(29)21-17-14-18-22-27/h3-4,23-30H,5-13,15-16,19-20,22H2,1-2H3/t24-,25+,26+/m0/s1. The predicted molar refractivity (Wildman–Crippen MR) is 125 cm³/mol. The normalized spacial score (nSPS) is 14.1. The number of hydrogen-bond donors (Lipinski definition) is 4. The molecule has 3 atom stereocenters. The van der Waals surface area contributed by atoms with Gasteiger partial charge in [0, 0.05) is 0 Å². The van der Waals surface area contributed by atoms with Crippen molar-refractivity contribution in [3.05, 3.63) is 12.2 Å². The SMILES string of the molecule is CC(C)CCCCCCC=CCCCCCCC[C@H](O)[C@@H](O)[C@H](O)C#CC#CCO. The van der Waals surface area contributed by atoms with Gasteiger partial charge >= 0.3 is 0 Å². The predicted octanol–water partition coefficient (Wildman–Crippen LogP) is 4.35. The van der Waals surface area contributed by atoms with Crippen molar-refractivity contribution in [1.29, 1.82) is 0 Å². The molecule has 0 aromatic rings. The van der Waals surface area contributed by atoms with E-state index in [1.54, 1.807) is 0 Å². The molecule has 0 aliphatic carbocycles. The van der Waals surface area contributed by atoms with Gasteiger partial charge in [-0.1, -0.05) is 89.2 Å². The molecule has 0 rings (SSSR count). The fourth-order valence-electron chi connectivity index (χ4n) is 3.21. The average molecular weight is 421 g/mol. The van der Waals surface area contributed by atoms with Crippen molar-refractivity contribution in [2.75, 3.05) is 6.61 Å². The quantitative estimate of drug-likeness (QED) is 0.160. The summed E-state index contributed by atoms with van der Waals surface area (Å²) in [4.78, 5) is 0. The molecule has 0 amide bonds. The summed E-state index contributed by atoms with van der Waals surface area (Å²) in [5.41, 5.74) is 0. The van der Waals surface area contributed by atoms with E-state index in [1.165, 1.54) is 51.4 Å². The van der Waals surface area contributed by atoms with Gasteiger partial charge in [-0.05, 0) is 49.9 Å². The summed E-state index contributed by atoms with van der Waals surface area (Å²) in [5, 5.41) is 38.0. The molecule has 30 heavy (non-hydrogen) atoms. The van der Waals surface area contributed by atoms with Crippen LogP contribution in [0.3, 0.4) is 0 Å². The van der Waals surface area contributed by atoms with E-state index in [2.05, 4.69) is 49.7 Å². The van der Waals surface area contributed by atoms with Gasteiger partial charge in [-0.3, -0.25) is 0 Å². The maximum absolute atomic E-state index is 9.94. The van der Waals surface area contributed by atoms with Crippen LogP contribution in [0.4, 0.5) is 0 Å². The first-order valence-electron chi connectivity index (χ1n) is 11.8. The summed E-state index contributed by atoms with van der Waals surface area (Å²) in [5.74, 6) is 10.2. The second-order valence-electron chi connectivity index (χ2n) is 8.43. The molecule has 0 saturated carbocycles. The van der Waals surface area contributed by atoms with Crippen LogP contribution in [0.1, 0.15) is 97.3 Å². The minimum atomic E-state index is -1.33. The van der Waals surface area contributed by atoms with Crippen molar-refractivity contribution >= 4 is 0 Å². The summed E-state index contributed by atoms with van der Waals surface area (Å²) >= 11 is 0. The van der Waals surface area contributed by atoms with Crippen LogP contribution in [0, 0.1) is 29.6 Å². The van der Waals surface area contributed by atoms with Gasteiger partial charge in [0.15, 0.2) is 0 Å². The third-order valence-corrected chi connectivity index (χ3v) is 5.11. The maximum atomic E-state index is 9.94. The van der Waals surface area contributed by atoms with Crippen LogP contribution in [0.5, 0.6) is 0 Å². The Balaban J connectivity index is 3.56. The molecule has 4 N–H and O–H groups in total. The summed E-state index contributed by atoms with van der Waals surface area (Å²) in [6, 6.07) is 0. The van der Waals surface area contributed by atoms with Gasteiger partial charge in [0.05, 0.1) is 6.10 Å². The highest BCUT2D eigenvalue weighted by Gasteiger charge is 2.22. The third-order valence-electron chi connectivity index (χ3n) is 5.11. The zero-order valence-corrected chi connectivity index (χ0v) is 19.2. The van der Waals surface area contributed by atoms with E-state index < -0.39 is 18.3 Å². The number of aliphatic hydroxyl groups is 4. The molecular formula is C26H44O4. The highest BCUT2D eigenvalue weighted by atomic mass is 16.4. The number of unbranched alkanes of at least 4 members (excludes halogenated alkanes) is 9. The molecule has 0 spiro atoms. The van der Waals surface area contributed by atoms with Gasteiger partial charge in [-0.2, -0.15) is 0 Å². The molecule has 0 unspecified atom stereocenters. The molecule has 0 aliphatic heterocycles. The second kappa shape index (κ2) is 21.0. The Kier molecular flexibility index (Phi) is 20.0. The monoisotopic (exact) mass is 420 g/mol. The number of allylic oxidation sites excluding steroid dienone is 2. The number of hydrogen-bond acceptors (Lipinski definition) is 4. The minimum absolute atomic E-state index is 0.301. The lowest BCUT2D eigenvalue weighted by Gasteiger charge is -2.19. The van der Waals surface area contributed by atoms with E-state index in [0.717, 1.165) is 31.6 Å². The van der Waals surface area contributed by atoms with Gasteiger partial charge in [0.1, 0.15) is 18.8 Å². The smallest absolute Gasteiger partial charge is 0.144 e. The van der Waals surface area contributed by atoms with Gasteiger partial charge in [-0.15, -0.1) is 0 Å². The molecule has 0 aliphatic rings. The largest absolute Gasteiger partial charge is 0.390 e. The Labute approximate surface area is 184 Å². The number of rotatable bonds is 17. The molecule has 0 heterocycles. The minimum Gasteiger partial charge on any atom is -0.390 e. The first-order valence-corrected chi connectivity index (χ1v) is 11.8. The van der Waals surface area contributed by atoms with Crippen LogP contribution in [0.15, 0.2) is 12.2 Å². The summed E-state index contributed by atoms with van der Waals surface area (Å²) < 4.78 is 0. The van der Waals surface area contributed by atoms with Crippen LogP contribution < -0.4 is 0 Å². The maximum Gasteiger partial charge on any atom is 0.144 e.